The van der Waals surface area contributed by atoms with Crippen molar-refractivity contribution in [2.24, 2.45) is 0 Å². The molecule has 2 atom stereocenters. The first-order valence-corrected chi connectivity index (χ1v) is 15.0. The summed E-state index contributed by atoms with van der Waals surface area (Å²) in [5, 5.41) is 10.4. The number of nitriles is 1. The van der Waals surface area contributed by atoms with Gasteiger partial charge in [0.05, 0.1) is 29.4 Å². The Morgan fingerprint density at radius 3 is 2.70 bits per heavy atom. The van der Waals surface area contributed by atoms with Crippen molar-refractivity contribution in [1.82, 2.24) is 24.3 Å². The van der Waals surface area contributed by atoms with Crippen molar-refractivity contribution in [2.75, 3.05) is 38.6 Å². The number of carbonyl (C=O) groups excluding carboxylic acids is 1. The number of likely N-dealkylation sites (tertiary alicyclic amines) is 1. The van der Waals surface area contributed by atoms with Crippen LogP contribution in [0.3, 0.4) is 0 Å². The Morgan fingerprint density at radius 2 is 2.02 bits per heavy atom. The van der Waals surface area contributed by atoms with Crippen LogP contribution in [0.1, 0.15) is 36.4 Å². The quantitative estimate of drug-likeness (QED) is 0.251. The van der Waals surface area contributed by atoms with Crippen molar-refractivity contribution in [3.63, 3.8) is 0 Å². The first-order valence-electron chi connectivity index (χ1n) is 14.6. The highest BCUT2D eigenvalue weighted by Crippen LogP contribution is 2.43. The molecule has 0 saturated carbocycles. The van der Waals surface area contributed by atoms with Crippen LogP contribution in [-0.2, 0) is 4.79 Å². The lowest BCUT2D eigenvalue weighted by Gasteiger charge is -2.43. The number of fused-ring (bicyclic) bond motifs is 3. The molecule has 0 spiro atoms. The second-order valence-corrected chi connectivity index (χ2v) is 12.4. The van der Waals surface area contributed by atoms with Crippen LogP contribution < -0.4 is 4.90 Å². The largest absolute Gasteiger partial charge is 0.351 e. The Hall–Kier alpha value is -4.00. The summed E-state index contributed by atoms with van der Waals surface area (Å²) in [5.74, 6) is 0.0240. The van der Waals surface area contributed by atoms with Gasteiger partial charge in [-0.05, 0) is 64.1 Å². The number of nitrogens with zero attached hydrogens (tertiary/aromatic N) is 7. The molecule has 2 aromatic carbocycles. The summed E-state index contributed by atoms with van der Waals surface area (Å²) < 4.78 is 18.8. The smallest absolute Gasteiger partial charge is 0.246 e. The SMILES string of the molecule is C=CC(=O)N1CC[C@H](n2cnc3c(N4CC(N(C)C)C4)nc4c(F)c(-c5ccc(C)cc5C)c(Cl)cc4c32)C[C@H]1CC#N. The van der Waals surface area contributed by atoms with Gasteiger partial charge in [0, 0.05) is 48.7 Å². The molecular formula is C33H35ClFN7O. The van der Waals surface area contributed by atoms with E-state index in [9.17, 15) is 10.1 Å². The Kier molecular flexibility index (Phi) is 7.61. The van der Waals surface area contributed by atoms with Gasteiger partial charge in [0.25, 0.3) is 0 Å². The fourth-order valence-electron chi connectivity index (χ4n) is 6.63. The van der Waals surface area contributed by atoms with Crippen LogP contribution in [0.15, 0.2) is 43.2 Å². The second kappa shape index (κ2) is 11.3. The zero-order valence-electron chi connectivity index (χ0n) is 24.9. The molecule has 0 unspecified atom stereocenters. The van der Waals surface area contributed by atoms with Gasteiger partial charge < -0.3 is 19.3 Å². The number of aromatic nitrogens is 3. The minimum absolute atomic E-state index is 0.0533. The van der Waals surface area contributed by atoms with E-state index in [2.05, 4.69) is 41.1 Å². The van der Waals surface area contributed by atoms with Gasteiger partial charge in [-0.2, -0.15) is 5.26 Å². The number of anilines is 1. The summed E-state index contributed by atoms with van der Waals surface area (Å²) >= 11 is 6.89. The maximum Gasteiger partial charge on any atom is 0.246 e. The highest BCUT2D eigenvalue weighted by molar-refractivity contribution is 6.34. The molecule has 2 aliphatic heterocycles. The van der Waals surface area contributed by atoms with E-state index in [-0.39, 0.29) is 29.9 Å². The molecule has 0 radical (unpaired) electrons. The average molecular weight is 600 g/mol. The summed E-state index contributed by atoms with van der Waals surface area (Å²) in [6, 6.07) is 10.0. The number of likely N-dealkylation sites (N-methyl/N-ethyl adjacent to an activating group) is 1. The van der Waals surface area contributed by atoms with Crippen LogP contribution in [0.5, 0.6) is 0 Å². The second-order valence-electron chi connectivity index (χ2n) is 12.0. The van der Waals surface area contributed by atoms with Gasteiger partial charge in [-0.3, -0.25) is 4.79 Å². The minimum atomic E-state index is -0.455. The number of amides is 1. The number of halogens is 2. The first kappa shape index (κ1) is 29.1. The molecule has 2 fully saturated rings. The van der Waals surface area contributed by atoms with Crippen LogP contribution in [0.2, 0.25) is 5.02 Å². The molecule has 1 amide bonds. The fourth-order valence-corrected chi connectivity index (χ4v) is 6.92. The van der Waals surface area contributed by atoms with E-state index in [4.69, 9.17) is 21.6 Å². The van der Waals surface area contributed by atoms with Gasteiger partial charge in [-0.15, -0.1) is 0 Å². The molecule has 2 saturated heterocycles. The predicted octanol–water partition coefficient (Wildman–Crippen LogP) is 6.04. The molecule has 8 nitrogen and oxygen atoms in total. The number of carbonyl (C=O) groups is 1. The number of hydrogen-bond donors (Lipinski definition) is 0. The lowest BCUT2D eigenvalue weighted by atomic mass is 9.94. The van der Waals surface area contributed by atoms with Gasteiger partial charge >= 0.3 is 0 Å². The van der Waals surface area contributed by atoms with E-state index in [1.165, 1.54) is 6.08 Å². The van der Waals surface area contributed by atoms with Gasteiger partial charge in [0.2, 0.25) is 5.91 Å². The monoisotopic (exact) mass is 599 g/mol. The molecule has 6 rings (SSSR count). The molecular weight excluding hydrogens is 565 g/mol. The first-order chi connectivity index (χ1) is 20.6. The fraction of sp³-hybridized carbons (Fsp3) is 0.394. The molecule has 10 heteroatoms. The molecule has 4 aromatic rings. The zero-order valence-corrected chi connectivity index (χ0v) is 25.7. The van der Waals surface area contributed by atoms with Crippen LogP contribution in [0.4, 0.5) is 10.2 Å². The number of imidazole rings is 1. The number of rotatable bonds is 6. The molecule has 2 aromatic heterocycles. The topological polar surface area (TPSA) is 81.3 Å². The van der Waals surface area contributed by atoms with Crippen LogP contribution in [-0.4, -0.2) is 76.1 Å². The number of benzene rings is 2. The molecule has 2 aliphatic rings. The highest BCUT2D eigenvalue weighted by Gasteiger charge is 2.35. The Labute approximate surface area is 256 Å². The Bertz CT molecular complexity index is 1800. The summed E-state index contributed by atoms with van der Waals surface area (Å²) in [5.41, 5.74) is 4.83. The van der Waals surface area contributed by atoms with Gasteiger partial charge in [-0.25, -0.2) is 14.4 Å². The maximum absolute atomic E-state index is 16.7. The standard InChI is InChI=1S/C33H35ClFN7O/c1-6-27(43)41-12-10-22(14-21(41)9-11-36)42-18-37-31-32(42)25-15-26(34)28(24-8-7-19(2)13-20(24)3)29(35)30(25)38-33(31)40-16-23(17-40)39(4)5/h6-8,13,15,18,21-23H,1,9-10,12,14,16-17H2,2-5H3/t21-,22+/m1/s1. The van der Waals surface area contributed by atoms with Crippen molar-refractivity contribution in [3.05, 3.63) is 65.2 Å². The normalized spacial score (nSPS) is 19.2. The van der Waals surface area contributed by atoms with Gasteiger partial charge in [0.1, 0.15) is 11.0 Å². The third-order valence-corrected chi connectivity index (χ3v) is 9.38. The van der Waals surface area contributed by atoms with Crippen molar-refractivity contribution in [1.29, 1.82) is 5.26 Å². The molecule has 0 bridgehead atoms. The van der Waals surface area contributed by atoms with Crippen LogP contribution in [0.25, 0.3) is 33.1 Å². The van der Waals surface area contributed by atoms with Crippen molar-refractivity contribution in [3.8, 4) is 17.2 Å². The van der Waals surface area contributed by atoms with Gasteiger partial charge in [0.15, 0.2) is 11.6 Å². The maximum atomic E-state index is 16.7. The zero-order chi connectivity index (χ0) is 30.6. The summed E-state index contributed by atoms with van der Waals surface area (Å²) in [4.78, 5) is 28.4. The van der Waals surface area contributed by atoms with E-state index < -0.39 is 5.82 Å². The minimum Gasteiger partial charge on any atom is -0.351 e. The Balaban J connectivity index is 1.54. The average Bonchev–Trinajstić information content (AvgIpc) is 3.39. The van der Waals surface area contributed by atoms with E-state index in [0.29, 0.717) is 52.7 Å². The number of piperidine rings is 1. The lowest BCUT2D eigenvalue weighted by Crippen LogP contribution is -2.57. The number of pyridine rings is 1. The number of aryl methyl sites for hydroxylation is 2. The molecule has 222 valence electrons. The summed E-state index contributed by atoms with van der Waals surface area (Å²) in [6.07, 6.45) is 4.54. The number of hydrogen-bond acceptors (Lipinski definition) is 6. The van der Waals surface area contributed by atoms with Crippen molar-refractivity contribution in [2.45, 2.75) is 51.2 Å². The third-order valence-electron chi connectivity index (χ3n) is 9.08. The van der Waals surface area contributed by atoms with E-state index in [1.807, 2.05) is 38.1 Å². The molecule has 4 heterocycles. The van der Waals surface area contributed by atoms with Crippen LogP contribution in [0, 0.1) is 31.0 Å². The van der Waals surface area contributed by atoms with Crippen molar-refractivity contribution < 1.29 is 9.18 Å². The molecule has 43 heavy (non-hydrogen) atoms. The van der Waals surface area contributed by atoms with E-state index in [0.717, 1.165) is 35.3 Å². The molecule has 0 aliphatic carbocycles. The lowest BCUT2D eigenvalue weighted by molar-refractivity contribution is -0.130. The van der Waals surface area contributed by atoms with Crippen LogP contribution >= 0.6 is 11.6 Å². The Morgan fingerprint density at radius 1 is 1.26 bits per heavy atom. The summed E-state index contributed by atoms with van der Waals surface area (Å²) in [7, 11) is 4.11. The molecule has 0 N–H and O–H groups in total. The highest BCUT2D eigenvalue weighted by atomic mass is 35.5. The van der Waals surface area contributed by atoms with E-state index >= 15 is 4.39 Å². The van der Waals surface area contributed by atoms with E-state index in [1.54, 1.807) is 11.2 Å². The van der Waals surface area contributed by atoms with Crippen molar-refractivity contribution >= 4 is 45.3 Å². The summed E-state index contributed by atoms with van der Waals surface area (Å²) in [6.45, 7) is 9.61. The van der Waals surface area contributed by atoms with Gasteiger partial charge in [-0.1, -0.05) is 41.9 Å². The predicted molar refractivity (Wildman–Crippen MR) is 169 cm³/mol. The third kappa shape index (κ3) is 4.92.